The van der Waals surface area contributed by atoms with Gasteiger partial charge < -0.3 is 4.74 Å². The highest BCUT2D eigenvalue weighted by Crippen LogP contribution is 2.66. The SMILES string of the molecule is CC1(C)C2CCC1(C)C(OC(=O)CS(C)(=O)=O)C2. The second-order valence-corrected chi connectivity index (χ2v) is 8.80. The van der Waals surface area contributed by atoms with Crippen LogP contribution in [0.1, 0.15) is 40.0 Å². The van der Waals surface area contributed by atoms with Crippen molar-refractivity contribution in [3.05, 3.63) is 0 Å². The van der Waals surface area contributed by atoms with Crippen molar-refractivity contribution in [2.75, 3.05) is 12.0 Å². The molecule has 0 aromatic heterocycles. The van der Waals surface area contributed by atoms with Crippen molar-refractivity contribution < 1.29 is 17.9 Å². The summed E-state index contributed by atoms with van der Waals surface area (Å²) in [7, 11) is -3.30. The molecule has 0 heterocycles. The van der Waals surface area contributed by atoms with E-state index in [1.54, 1.807) is 0 Å². The molecule has 0 aromatic carbocycles. The van der Waals surface area contributed by atoms with Crippen LogP contribution in [0.2, 0.25) is 0 Å². The van der Waals surface area contributed by atoms with Crippen LogP contribution in [0, 0.1) is 16.7 Å². The Balaban J connectivity index is 2.07. The van der Waals surface area contributed by atoms with E-state index in [-0.39, 0.29) is 16.9 Å². The number of sulfone groups is 1. The van der Waals surface area contributed by atoms with Crippen LogP contribution in [0.5, 0.6) is 0 Å². The molecule has 2 saturated carbocycles. The molecular formula is C13H22O4S. The standard InChI is InChI=1S/C13H22O4S/c1-12(2)9-5-6-13(12,3)10(7-9)17-11(14)8-18(4,15)16/h9-10H,5-8H2,1-4H3. The van der Waals surface area contributed by atoms with Crippen LogP contribution in [-0.2, 0) is 19.4 Å². The Labute approximate surface area is 109 Å². The Morgan fingerprint density at radius 1 is 1.33 bits per heavy atom. The van der Waals surface area contributed by atoms with Gasteiger partial charge in [0.25, 0.3) is 0 Å². The third kappa shape index (κ3) is 2.06. The minimum Gasteiger partial charge on any atom is -0.461 e. The van der Waals surface area contributed by atoms with Gasteiger partial charge in [0.05, 0.1) is 0 Å². The molecule has 0 spiro atoms. The molecule has 0 radical (unpaired) electrons. The van der Waals surface area contributed by atoms with Gasteiger partial charge >= 0.3 is 5.97 Å². The van der Waals surface area contributed by atoms with Gasteiger partial charge in [-0.3, -0.25) is 4.79 Å². The maximum absolute atomic E-state index is 11.6. The monoisotopic (exact) mass is 274 g/mol. The van der Waals surface area contributed by atoms with Crippen LogP contribution in [0.25, 0.3) is 0 Å². The molecule has 0 amide bonds. The summed E-state index contributed by atoms with van der Waals surface area (Å²) in [4.78, 5) is 11.6. The second-order valence-electron chi connectivity index (χ2n) is 6.66. The lowest BCUT2D eigenvalue weighted by Crippen LogP contribution is -2.39. The van der Waals surface area contributed by atoms with E-state index in [1.165, 1.54) is 6.42 Å². The molecular weight excluding hydrogens is 252 g/mol. The second kappa shape index (κ2) is 3.95. The number of carbonyl (C=O) groups is 1. The number of rotatable bonds is 3. The lowest BCUT2D eigenvalue weighted by molar-refractivity contribution is -0.153. The van der Waals surface area contributed by atoms with E-state index >= 15 is 0 Å². The molecule has 0 aliphatic heterocycles. The van der Waals surface area contributed by atoms with Crippen molar-refractivity contribution in [1.29, 1.82) is 0 Å². The van der Waals surface area contributed by atoms with Gasteiger partial charge in [-0.05, 0) is 30.6 Å². The number of esters is 1. The van der Waals surface area contributed by atoms with Crippen molar-refractivity contribution in [2.45, 2.75) is 46.1 Å². The highest BCUT2D eigenvalue weighted by molar-refractivity contribution is 7.91. The third-order valence-electron chi connectivity index (χ3n) is 5.37. The molecule has 3 atom stereocenters. The summed E-state index contributed by atoms with van der Waals surface area (Å²) in [5.41, 5.74) is 0.161. The maximum Gasteiger partial charge on any atom is 0.321 e. The first kappa shape index (κ1) is 13.8. The highest BCUT2D eigenvalue weighted by Gasteiger charge is 2.62. The summed E-state index contributed by atoms with van der Waals surface area (Å²) in [6.45, 7) is 6.63. The van der Waals surface area contributed by atoms with Crippen molar-refractivity contribution in [3.63, 3.8) is 0 Å². The van der Waals surface area contributed by atoms with Crippen LogP contribution in [0.4, 0.5) is 0 Å². The number of ether oxygens (including phenoxy) is 1. The number of carbonyl (C=O) groups excluding carboxylic acids is 1. The van der Waals surface area contributed by atoms with E-state index in [1.807, 2.05) is 0 Å². The fourth-order valence-corrected chi connectivity index (χ4v) is 4.21. The van der Waals surface area contributed by atoms with Gasteiger partial charge in [0, 0.05) is 11.7 Å². The van der Waals surface area contributed by atoms with Gasteiger partial charge in [-0.25, -0.2) is 8.42 Å². The molecule has 3 unspecified atom stereocenters. The molecule has 0 aromatic rings. The lowest BCUT2D eigenvalue weighted by atomic mass is 9.70. The molecule has 5 heteroatoms. The average Bonchev–Trinajstić information content (AvgIpc) is 2.47. The number of hydrogen-bond acceptors (Lipinski definition) is 4. The first-order valence-corrected chi connectivity index (χ1v) is 8.49. The largest absolute Gasteiger partial charge is 0.461 e. The van der Waals surface area contributed by atoms with Gasteiger partial charge in [-0.15, -0.1) is 0 Å². The molecule has 4 nitrogen and oxygen atoms in total. The first-order valence-electron chi connectivity index (χ1n) is 6.43. The van der Waals surface area contributed by atoms with E-state index in [0.29, 0.717) is 5.92 Å². The number of hydrogen-bond donors (Lipinski definition) is 0. The summed E-state index contributed by atoms with van der Waals surface area (Å²) >= 11 is 0. The molecule has 2 rings (SSSR count). The third-order valence-corrected chi connectivity index (χ3v) is 6.13. The minimum absolute atomic E-state index is 0.00910. The van der Waals surface area contributed by atoms with Gasteiger partial charge in [0.2, 0.25) is 0 Å². The van der Waals surface area contributed by atoms with Gasteiger partial charge in [-0.2, -0.15) is 0 Å². The van der Waals surface area contributed by atoms with Crippen LogP contribution in [0.15, 0.2) is 0 Å². The Hall–Kier alpha value is -0.580. The zero-order valence-corrected chi connectivity index (χ0v) is 12.3. The average molecular weight is 274 g/mol. The van der Waals surface area contributed by atoms with E-state index in [0.717, 1.165) is 19.1 Å². The van der Waals surface area contributed by atoms with Crippen molar-refractivity contribution >= 4 is 15.8 Å². The van der Waals surface area contributed by atoms with E-state index in [4.69, 9.17) is 4.74 Å². The Bertz CT molecular complexity index is 465. The zero-order chi connectivity index (χ0) is 13.8. The Kier molecular flexibility index (Phi) is 3.04. The summed E-state index contributed by atoms with van der Waals surface area (Å²) in [6, 6.07) is 0. The Morgan fingerprint density at radius 3 is 2.33 bits per heavy atom. The molecule has 0 N–H and O–H groups in total. The smallest absolute Gasteiger partial charge is 0.321 e. The van der Waals surface area contributed by atoms with Crippen LogP contribution >= 0.6 is 0 Å². The number of fused-ring (bicyclic) bond motifs is 2. The summed E-state index contributed by atoms with van der Waals surface area (Å²) in [6.07, 6.45) is 4.05. The van der Waals surface area contributed by atoms with Crippen LogP contribution in [-0.4, -0.2) is 32.5 Å². The topological polar surface area (TPSA) is 60.4 Å². The maximum atomic E-state index is 11.6. The lowest BCUT2D eigenvalue weighted by Gasteiger charge is -2.38. The summed E-state index contributed by atoms with van der Waals surface area (Å²) < 4.78 is 27.6. The van der Waals surface area contributed by atoms with Gasteiger partial charge in [0.1, 0.15) is 11.9 Å². The molecule has 2 aliphatic carbocycles. The highest BCUT2D eigenvalue weighted by atomic mass is 32.2. The molecule has 2 bridgehead atoms. The van der Waals surface area contributed by atoms with Gasteiger partial charge in [-0.1, -0.05) is 20.8 Å². The minimum atomic E-state index is -3.30. The Morgan fingerprint density at radius 2 is 1.94 bits per heavy atom. The molecule has 104 valence electrons. The quantitative estimate of drug-likeness (QED) is 0.736. The summed E-state index contributed by atoms with van der Waals surface area (Å²) in [5.74, 6) is -0.532. The fraction of sp³-hybridized carbons (Fsp3) is 0.923. The predicted octanol–water partition coefficient (Wildman–Crippen LogP) is 1.79. The molecule has 0 saturated heterocycles. The first-order chi connectivity index (χ1) is 8.06. The van der Waals surface area contributed by atoms with Crippen molar-refractivity contribution in [3.8, 4) is 0 Å². The normalized spacial score (nSPS) is 37.8. The zero-order valence-electron chi connectivity index (χ0n) is 11.5. The summed E-state index contributed by atoms with van der Waals surface area (Å²) in [5, 5.41) is 0. The molecule has 18 heavy (non-hydrogen) atoms. The molecule has 2 fully saturated rings. The van der Waals surface area contributed by atoms with E-state index in [2.05, 4.69) is 20.8 Å². The van der Waals surface area contributed by atoms with E-state index in [9.17, 15) is 13.2 Å². The van der Waals surface area contributed by atoms with Crippen molar-refractivity contribution in [1.82, 2.24) is 0 Å². The van der Waals surface area contributed by atoms with Gasteiger partial charge in [0.15, 0.2) is 9.84 Å². The van der Waals surface area contributed by atoms with Crippen LogP contribution in [0.3, 0.4) is 0 Å². The molecule has 2 aliphatic rings. The predicted molar refractivity (Wildman–Crippen MR) is 68.8 cm³/mol. The fourth-order valence-electron chi connectivity index (χ4n) is 3.72. The van der Waals surface area contributed by atoms with E-state index < -0.39 is 21.6 Å². The van der Waals surface area contributed by atoms with Crippen LogP contribution < -0.4 is 0 Å². The van der Waals surface area contributed by atoms with Crippen molar-refractivity contribution in [2.24, 2.45) is 16.7 Å².